The van der Waals surface area contributed by atoms with Gasteiger partial charge in [-0.15, -0.1) is 0 Å². The van der Waals surface area contributed by atoms with E-state index in [1.807, 2.05) is 18.7 Å². The number of aromatic nitrogens is 2. The van der Waals surface area contributed by atoms with Crippen LogP contribution in [0.3, 0.4) is 0 Å². The minimum absolute atomic E-state index is 0.0557. The SMILES string of the molecule is CC.CNC(=O)C1CN2c3nc(C)c(CC#N)c4c(F)c(Cl)nc(c34)OC(C)C2CN1C(=O)OC(C)(C)C. The molecule has 4 heterocycles. The predicted molar refractivity (Wildman–Crippen MR) is 142 cm³/mol. The molecule has 3 atom stereocenters. The lowest BCUT2D eigenvalue weighted by Gasteiger charge is -2.46. The molecule has 2 aromatic rings. The number of likely N-dealkylation sites (N-methyl/N-ethyl adjacent to an activating group) is 1. The first-order chi connectivity index (χ1) is 17.9. The van der Waals surface area contributed by atoms with Gasteiger partial charge in [0.2, 0.25) is 11.8 Å². The summed E-state index contributed by atoms with van der Waals surface area (Å²) in [6.45, 7) is 12.9. The Labute approximate surface area is 227 Å². The fourth-order valence-electron chi connectivity index (χ4n) is 4.72. The van der Waals surface area contributed by atoms with Gasteiger partial charge in [-0.3, -0.25) is 9.69 Å². The summed E-state index contributed by atoms with van der Waals surface area (Å²) >= 11 is 6.13. The molecule has 0 aliphatic carbocycles. The fourth-order valence-corrected chi connectivity index (χ4v) is 4.89. The van der Waals surface area contributed by atoms with Crippen molar-refractivity contribution in [3.63, 3.8) is 0 Å². The Hall–Kier alpha value is -3.39. The van der Waals surface area contributed by atoms with Crippen molar-refractivity contribution in [3.8, 4) is 11.9 Å². The fraction of sp³-hybridized carbons (Fsp3) is 0.577. The lowest BCUT2D eigenvalue weighted by atomic mass is 9.99. The molecule has 2 amide bonds. The van der Waals surface area contributed by atoms with Gasteiger partial charge >= 0.3 is 6.09 Å². The number of carbonyl (C=O) groups is 2. The molecule has 206 valence electrons. The third-order valence-corrected chi connectivity index (χ3v) is 6.62. The maximum Gasteiger partial charge on any atom is 0.411 e. The Bertz CT molecular complexity index is 1290. The van der Waals surface area contributed by atoms with Gasteiger partial charge in [0.15, 0.2) is 11.0 Å². The number of halogens is 2. The van der Waals surface area contributed by atoms with Crippen LogP contribution >= 0.6 is 11.6 Å². The van der Waals surface area contributed by atoms with Crippen LogP contribution in [0.1, 0.15) is 52.8 Å². The number of ether oxygens (including phenoxy) is 2. The molecule has 0 radical (unpaired) electrons. The molecule has 2 aromatic heterocycles. The number of carbonyl (C=O) groups excluding carboxylic acids is 2. The topological polar surface area (TPSA) is 121 Å². The number of hydrogen-bond acceptors (Lipinski definition) is 8. The summed E-state index contributed by atoms with van der Waals surface area (Å²) in [7, 11) is 1.49. The Morgan fingerprint density at radius 3 is 2.50 bits per heavy atom. The molecule has 1 saturated heterocycles. The average molecular weight is 549 g/mol. The second kappa shape index (κ2) is 11.2. The number of pyridine rings is 2. The minimum atomic E-state index is -0.907. The highest BCUT2D eigenvalue weighted by Gasteiger charge is 2.46. The second-order valence-corrected chi connectivity index (χ2v) is 10.3. The van der Waals surface area contributed by atoms with Crippen LogP contribution < -0.4 is 15.0 Å². The van der Waals surface area contributed by atoms with Crippen LogP contribution in [0.15, 0.2) is 0 Å². The third-order valence-electron chi connectivity index (χ3n) is 6.37. The molecule has 12 heteroatoms. The summed E-state index contributed by atoms with van der Waals surface area (Å²) < 4.78 is 27.1. The van der Waals surface area contributed by atoms with E-state index in [2.05, 4.69) is 16.4 Å². The van der Waals surface area contributed by atoms with E-state index in [0.29, 0.717) is 17.1 Å². The Morgan fingerprint density at radius 2 is 1.92 bits per heavy atom. The van der Waals surface area contributed by atoms with Crippen LogP contribution in [0.2, 0.25) is 5.15 Å². The maximum atomic E-state index is 15.4. The van der Waals surface area contributed by atoms with E-state index in [-0.39, 0.29) is 47.2 Å². The van der Waals surface area contributed by atoms with Gasteiger partial charge in [0.1, 0.15) is 23.6 Å². The number of fused-ring (bicyclic) bond motifs is 2. The van der Waals surface area contributed by atoms with Crippen molar-refractivity contribution in [2.45, 2.75) is 78.7 Å². The zero-order chi connectivity index (χ0) is 28.5. The predicted octanol–water partition coefficient (Wildman–Crippen LogP) is 4.14. The Kier molecular flexibility index (Phi) is 8.56. The minimum Gasteiger partial charge on any atom is -0.472 e. The first-order valence-corrected chi connectivity index (χ1v) is 12.9. The number of aryl methyl sites for hydroxylation is 1. The monoisotopic (exact) mass is 548 g/mol. The molecule has 10 nitrogen and oxygen atoms in total. The molecule has 2 aliphatic rings. The highest BCUT2D eigenvalue weighted by Crippen LogP contribution is 2.43. The first kappa shape index (κ1) is 29.2. The van der Waals surface area contributed by atoms with Crippen molar-refractivity contribution in [3.05, 3.63) is 22.2 Å². The number of hydrogen-bond donors (Lipinski definition) is 1. The average Bonchev–Trinajstić information content (AvgIpc) is 2.97. The van der Waals surface area contributed by atoms with Crippen molar-refractivity contribution in [2.24, 2.45) is 0 Å². The zero-order valence-electron chi connectivity index (χ0n) is 23.0. The third kappa shape index (κ3) is 5.27. The normalized spacial score (nSPS) is 20.3. The van der Waals surface area contributed by atoms with Crippen LogP contribution in [0.5, 0.6) is 5.88 Å². The largest absolute Gasteiger partial charge is 0.472 e. The number of piperazine rings is 1. The van der Waals surface area contributed by atoms with E-state index in [1.54, 1.807) is 34.6 Å². The lowest BCUT2D eigenvalue weighted by molar-refractivity contribution is -0.126. The summed E-state index contributed by atoms with van der Waals surface area (Å²) in [5.41, 5.74) is 0.0813. The van der Waals surface area contributed by atoms with E-state index >= 15 is 4.39 Å². The summed E-state index contributed by atoms with van der Waals surface area (Å²) in [5.74, 6) is -0.709. The number of nitriles is 1. The molecule has 1 N–H and O–H groups in total. The van der Waals surface area contributed by atoms with Crippen LogP contribution in [-0.2, 0) is 16.0 Å². The van der Waals surface area contributed by atoms with Crippen molar-refractivity contribution in [1.29, 1.82) is 5.26 Å². The molecular weight excluding hydrogens is 515 g/mol. The summed E-state index contributed by atoms with van der Waals surface area (Å²) in [5, 5.41) is 12.0. The van der Waals surface area contributed by atoms with Gasteiger partial charge < -0.3 is 19.7 Å². The van der Waals surface area contributed by atoms with E-state index in [1.165, 1.54) is 11.9 Å². The van der Waals surface area contributed by atoms with Crippen LogP contribution in [-0.4, -0.2) is 70.8 Å². The quantitative estimate of drug-likeness (QED) is 0.556. The number of nitrogens with zero attached hydrogens (tertiary/aromatic N) is 5. The highest BCUT2D eigenvalue weighted by molar-refractivity contribution is 6.30. The van der Waals surface area contributed by atoms with Crippen molar-refractivity contribution in [2.75, 3.05) is 25.0 Å². The molecule has 0 aromatic carbocycles. The van der Waals surface area contributed by atoms with E-state index in [9.17, 15) is 14.9 Å². The van der Waals surface area contributed by atoms with Gasteiger partial charge in [-0.05, 0) is 40.2 Å². The standard InChI is InChI=1S/C24H28ClFN6O4.C2H6/c1-11-13(7-8-27)16-17-20(29-11)31-10-15(21(33)28-6)32(23(34)36-24(3,4)5)9-14(31)12(2)35-22(17)30-19(25)18(16)26;1-2/h12,14-15H,7,9-10H2,1-6H3,(H,28,33);1-2H3. The van der Waals surface area contributed by atoms with Gasteiger partial charge in [0, 0.05) is 31.2 Å². The molecule has 0 bridgehead atoms. The summed E-state index contributed by atoms with van der Waals surface area (Å²) in [4.78, 5) is 38.1. The first-order valence-electron chi connectivity index (χ1n) is 12.6. The second-order valence-electron chi connectivity index (χ2n) is 9.91. The molecule has 38 heavy (non-hydrogen) atoms. The van der Waals surface area contributed by atoms with Gasteiger partial charge in [0.25, 0.3) is 0 Å². The van der Waals surface area contributed by atoms with E-state index in [4.69, 9.17) is 26.1 Å². The zero-order valence-corrected chi connectivity index (χ0v) is 23.7. The number of nitrogens with one attached hydrogen (secondary N) is 1. The smallest absolute Gasteiger partial charge is 0.411 e. The van der Waals surface area contributed by atoms with Crippen LogP contribution in [0, 0.1) is 24.1 Å². The van der Waals surface area contributed by atoms with Crippen molar-refractivity contribution < 1.29 is 23.5 Å². The van der Waals surface area contributed by atoms with Crippen LogP contribution in [0.25, 0.3) is 10.8 Å². The van der Waals surface area contributed by atoms with Crippen molar-refractivity contribution >= 4 is 40.2 Å². The van der Waals surface area contributed by atoms with Gasteiger partial charge in [-0.2, -0.15) is 10.2 Å². The van der Waals surface area contributed by atoms with Crippen LogP contribution in [0.4, 0.5) is 15.0 Å². The van der Waals surface area contributed by atoms with Gasteiger partial charge in [0.05, 0.1) is 23.9 Å². The summed E-state index contributed by atoms with van der Waals surface area (Å²) in [6.07, 6.45) is -1.26. The van der Waals surface area contributed by atoms with E-state index in [0.717, 1.165) is 0 Å². The molecule has 0 spiro atoms. The maximum absolute atomic E-state index is 15.4. The summed E-state index contributed by atoms with van der Waals surface area (Å²) in [6, 6.07) is 0.677. The molecule has 0 saturated carbocycles. The number of amides is 2. The van der Waals surface area contributed by atoms with Gasteiger partial charge in [-0.25, -0.2) is 14.2 Å². The molecule has 3 unspecified atom stereocenters. The van der Waals surface area contributed by atoms with Crippen molar-refractivity contribution in [1.82, 2.24) is 20.2 Å². The number of anilines is 1. The molecule has 2 aliphatic heterocycles. The Balaban J connectivity index is 0.00000195. The highest BCUT2D eigenvalue weighted by atomic mass is 35.5. The molecule has 1 fully saturated rings. The van der Waals surface area contributed by atoms with Gasteiger partial charge in [-0.1, -0.05) is 25.4 Å². The molecular formula is C26H34ClFN6O4. The van der Waals surface area contributed by atoms with E-state index < -0.39 is 35.7 Å². The molecule has 4 rings (SSSR count). The lowest BCUT2D eigenvalue weighted by Crippen LogP contribution is -2.67. The Morgan fingerprint density at radius 1 is 1.26 bits per heavy atom. The number of rotatable bonds is 2.